The molecule has 5 heteroatoms. The Kier molecular flexibility index (Phi) is 8.90. The molecule has 0 bridgehead atoms. The van der Waals surface area contributed by atoms with Gasteiger partial charge in [0.2, 0.25) is 11.8 Å². The van der Waals surface area contributed by atoms with Crippen LogP contribution >= 0.6 is 0 Å². The van der Waals surface area contributed by atoms with Crippen molar-refractivity contribution in [3.63, 3.8) is 0 Å². The first-order valence-electron chi connectivity index (χ1n) is 10.7. The number of amides is 2. The molecule has 162 valence electrons. The fourth-order valence-corrected chi connectivity index (χ4v) is 3.27. The number of ether oxygens (including phenoxy) is 1. The first-order valence-corrected chi connectivity index (χ1v) is 10.7. The van der Waals surface area contributed by atoms with Gasteiger partial charge in [-0.15, -0.1) is 0 Å². The third-order valence-electron chi connectivity index (χ3n) is 5.37. The summed E-state index contributed by atoms with van der Waals surface area (Å²) in [6.45, 7) is 8.35. The van der Waals surface area contributed by atoms with Crippen LogP contribution in [0.3, 0.4) is 0 Å². The van der Waals surface area contributed by atoms with Crippen molar-refractivity contribution in [2.24, 2.45) is 0 Å². The average Bonchev–Trinajstić information content (AvgIpc) is 2.75. The maximum atomic E-state index is 13.3. The van der Waals surface area contributed by atoms with Crippen LogP contribution in [0.15, 0.2) is 48.5 Å². The van der Waals surface area contributed by atoms with Crippen molar-refractivity contribution in [3.05, 3.63) is 65.2 Å². The van der Waals surface area contributed by atoms with E-state index in [1.807, 2.05) is 76.2 Å². The van der Waals surface area contributed by atoms with Gasteiger partial charge < -0.3 is 15.0 Å². The van der Waals surface area contributed by atoms with Crippen LogP contribution in [0, 0.1) is 6.92 Å². The lowest BCUT2D eigenvalue weighted by molar-refractivity contribution is -0.141. The van der Waals surface area contributed by atoms with Crippen molar-refractivity contribution in [2.45, 2.75) is 65.6 Å². The Hall–Kier alpha value is -2.82. The number of aryl methyl sites for hydroxylation is 1. The van der Waals surface area contributed by atoms with E-state index in [1.54, 1.807) is 12.0 Å². The van der Waals surface area contributed by atoms with Gasteiger partial charge in [-0.05, 0) is 49.9 Å². The standard InChI is InChI=1S/C25H34N2O3/c1-6-19(4)26-25(29)23(7-2)27(17-21-12-14-22(30-5)15-13-21)24(28)16-20-10-8-18(3)9-11-20/h8-15,19,23H,6-7,16-17H2,1-5H3,(H,26,29)/t19-,23+/m1/s1. The molecule has 0 unspecified atom stereocenters. The largest absolute Gasteiger partial charge is 0.497 e. The molecule has 2 aromatic carbocycles. The highest BCUT2D eigenvalue weighted by atomic mass is 16.5. The number of nitrogens with one attached hydrogen (secondary N) is 1. The topological polar surface area (TPSA) is 58.6 Å². The van der Waals surface area contributed by atoms with Gasteiger partial charge in [-0.3, -0.25) is 9.59 Å². The van der Waals surface area contributed by atoms with Crippen molar-refractivity contribution in [2.75, 3.05) is 7.11 Å². The van der Waals surface area contributed by atoms with Crippen LogP contribution in [0.5, 0.6) is 5.75 Å². The molecule has 0 aliphatic heterocycles. The summed E-state index contributed by atoms with van der Waals surface area (Å²) in [5.74, 6) is 0.608. The Bertz CT molecular complexity index is 815. The number of rotatable bonds is 10. The highest BCUT2D eigenvalue weighted by molar-refractivity contribution is 5.88. The molecule has 2 rings (SSSR count). The second-order valence-corrected chi connectivity index (χ2v) is 7.77. The van der Waals surface area contributed by atoms with E-state index in [0.717, 1.165) is 28.9 Å². The molecule has 0 aliphatic carbocycles. The van der Waals surface area contributed by atoms with Crippen LogP contribution in [0.4, 0.5) is 0 Å². The van der Waals surface area contributed by atoms with E-state index in [-0.39, 0.29) is 24.3 Å². The molecule has 0 aromatic heterocycles. The van der Waals surface area contributed by atoms with E-state index < -0.39 is 6.04 Å². The number of methoxy groups -OCH3 is 1. The van der Waals surface area contributed by atoms with E-state index in [9.17, 15) is 9.59 Å². The van der Waals surface area contributed by atoms with Gasteiger partial charge in [0.05, 0.1) is 13.5 Å². The first-order chi connectivity index (χ1) is 14.4. The van der Waals surface area contributed by atoms with E-state index in [1.165, 1.54) is 0 Å². The van der Waals surface area contributed by atoms with Crippen molar-refractivity contribution < 1.29 is 14.3 Å². The summed E-state index contributed by atoms with van der Waals surface area (Å²) in [4.78, 5) is 28.0. The van der Waals surface area contributed by atoms with Gasteiger partial charge in [-0.1, -0.05) is 55.8 Å². The monoisotopic (exact) mass is 410 g/mol. The summed E-state index contributed by atoms with van der Waals surface area (Å²) in [7, 11) is 1.62. The maximum Gasteiger partial charge on any atom is 0.243 e. The van der Waals surface area contributed by atoms with Crippen molar-refractivity contribution in [3.8, 4) is 5.75 Å². The second-order valence-electron chi connectivity index (χ2n) is 7.77. The van der Waals surface area contributed by atoms with Gasteiger partial charge in [-0.25, -0.2) is 0 Å². The normalized spacial score (nSPS) is 12.7. The Morgan fingerprint density at radius 1 is 0.967 bits per heavy atom. The van der Waals surface area contributed by atoms with Crippen LogP contribution in [-0.2, 0) is 22.6 Å². The molecule has 2 atom stereocenters. The predicted molar refractivity (Wildman–Crippen MR) is 120 cm³/mol. The highest BCUT2D eigenvalue weighted by Gasteiger charge is 2.29. The van der Waals surface area contributed by atoms with Crippen molar-refractivity contribution in [1.82, 2.24) is 10.2 Å². The van der Waals surface area contributed by atoms with E-state index in [0.29, 0.717) is 13.0 Å². The zero-order valence-corrected chi connectivity index (χ0v) is 18.8. The number of carbonyl (C=O) groups excluding carboxylic acids is 2. The highest BCUT2D eigenvalue weighted by Crippen LogP contribution is 2.18. The lowest BCUT2D eigenvalue weighted by Crippen LogP contribution is -2.51. The number of hydrogen-bond acceptors (Lipinski definition) is 3. The van der Waals surface area contributed by atoms with Crippen LogP contribution < -0.4 is 10.1 Å². The molecule has 0 heterocycles. The molecule has 0 fully saturated rings. The fraction of sp³-hybridized carbons (Fsp3) is 0.440. The molecule has 2 amide bonds. The van der Waals surface area contributed by atoms with E-state index in [2.05, 4.69) is 5.32 Å². The van der Waals surface area contributed by atoms with Crippen LogP contribution in [0.2, 0.25) is 0 Å². The molecule has 0 saturated heterocycles. The minimum Gasteiger partial charge on any atom is -0.497 e. The van der Waals surface area contributed by atoms with Crippen LogP contribution in [0.25, 0.3) is 0 Å². The molecule has 1 N–H and O–H groups in total. The molecule has 0 saturated carbocycles. The maximum absolute atomic E-state index is 13.3. The lowest BCUT2D eigenvalue weighted by Gasteiger charge is -2.31. The quantitative estimate of drug-likeness (QED) is 0.636. The van der Waals surface area contributed by atoms with Crippen molar-refractivity contribution >= 4 is 11.8 Å². The molecule has 0 spiro atoms. The Morgan fingerprint density at radius 2 is 1.57 bits per heavy atom. The van der Waals surface area contributed by atoms with Gasteiger partial charge in [0.1, 0.15) is 11.8 Å². The van der Waals surface area contributed by atoms with Crippen LogP contribution in [0.1, 0.15) is 50.3 Å². The summed E-state index contributed by atoms with van der Waals surface area (Å²) in [6.07, 6.45) is 1.67. The summed E-state index contributed by atoms with van der Waals surface area (Å²) < 4.78 is 5.23. The Balaban J connectivity index is 2.27. The molecule has 0 aliphatic rings. The predicted octanol–water partition coefficient (Wildman–Crippen LogP) is 4.27. The van der Waals surface area contributed by atoms with E-state index in [4.69, 9.17) is 4.74 Å². The lowest BCUT2D eigenvalue weighted by atomic mass is 10.1. The molecular weight excluding hydrogens is 376 g/mol. The van der Waals surface area contributed by atoms with E-state index >= 15 is 0 Å². The van der Waals surface area contributed by atoms with Gasteiger partial charge in [0, 0.05) is 12.6 Å². The summed E-state index contributed by atoms with van der Waals surface area (Å²) in [5, 5.41) is 3.04. The summed E-state index contributed by atoms with van der Waals surface area (Å²) >= 11 is 0. The summed E-state index contributed by atoms with van der Waals surface area (Å²) in [5.41, 5.74) is 3.06. The van der Waals surface area contributed by atoms with Crippen molar-refractivity contribution in [1.29, 1.82) is 0 Å². The van der Waals surface area contributed by atoms with Gasteiger partial charge in [0.15, 0.2) is 0 Å². The zero-order chi connectivity index (χ0) is 22.1. The average molecular weight is 411 g/mol. The van der Waals surface area contributed by atoms with Crippen LogP contribution in [-0.4, -0.2) is 35.9 Å². The zero-order valence-electron chi connectivity index (χ0n) is 18.8. The number of nitrogens with zero attached hydrogens (tertiary/aromatic N) is 1. The van der Waals surface area contributed by atoms with Gasteiger partial charge in [-0.2, -0.15) is 0 Å². The number of benzene rings is 2. The fourth-order valence-electron chi connectivity index (χ4n) is 3.27. The molecule has 0 radical (unpaired) electrons. The molecule has 30 heavy (non-hydrogen) atoms. The first kappa shape index (κ1) is 23.5. The third kappa shape index (κ3) is 6.61. The smallest absolute Gasteiger partial charge is 0.243 e. The number of hydrogen-bond donors (Lipinski definition) is 1. The molecule has 2 aromatic rings. The number of carbonyl (C=O) groups is 2. The second kappa shape index (κ2) is 11.4. The molecular formula is C25H34N2O3. The molecule has 5 nitrogen and oxygen atoms in total. The minimum absolute atomic E-state index is 0.0548. The Morgan fingerprint density at radius 3 is 2.10 bits per heavy atom. The van der Waals surface area contributed by atoms with Gasteiger partial charge in [0.25, 0.3) is 0 Å². The SMILES string of the molecule is CC[C@@H](C)NC(=O)[C@H](CC)N(Cc1ccc(OC)cc1)C(=O)Cc1ccc(C)cc1. The van der Waals surface area contributed by atoms with Gasteiger partial charge >= 0.3 is 0 Å². The Labute approximate surface area is 180 Å². The summed E-state index contributed by atoms with van der Waals surface area (Å²) in [6, 6.07) is 15.1. The third-order valence-corrected chi connectivity index (χ3v) is 5.37. The minimum atomic E-state index is -0.515.